The van der Waals surface area contributed by atoms with E-state index in [1.165, 1.54) is 12.3 Å². The van der Waals surface area contributed by atoms with Gasteiger partial charge >= 0.3 is 6.18 Å². The molecule has 1 atom stereocenters. The Morgan fingerprint density at radius 1 is 1.15 bits per heavy atom. The van der Waals surface area contributed by atoms with E-state index < -0.39 is 17.8 Å². The third kappa shape index (κ3) is 2.99. The van der Waals surface area contributed by atoms with E-state index in [1.807, 2.05) is 19.1 Å². The molecule has 0 aliphatic rings. The largest absolute Gasteiger partial charge is 0.418 e. The fraction of sp³-hybridized carbons (Fsp3) is 0.267. The number of benzene rings is 1. The Bertz CT molecular complexity index is 576. The van der Waals surface area contributed by atoms with Crippen LogP contribution in [0.5, 0.6) is 0 Å². The Hall–Kier alpha value is -1.88. The summed E-state index contributed by atoms with van der Waals surface area (Å²) in [5.74, 6) is 0. The van der Waals surface area contributed by atoms with E-state index in [2.05, 4.69) is 4.98 Å². The molecule has 5 heteroatoms. The molecule has 0 saturated heterocycles. The molecule has 2 aromatic rings. The lowest BCUT2D eigenvalue weighted by Gasteiger charge is -2.17. The summed E-state index contributed by atoms with van der Waals surface area (Å²) in [7, 11) is 0. The fourth-order valence-electron chi connectivity index (χ4n) is 2.02. The van der Waals surface area contributed by atoms with E-state index in [0.29, 0.717) is 5.56 Å². The molecule has 0 spiro atoms. The second kappa shape index (κ2) is 5.63. The van der Waals surface area contributed by atoms with Crippen LogP contribution < -0.4 is 5.73 Å². The Kier molecular flexibility index (Phi) is 4.09. The summed E-state index contributed by atoms with van der Waals surface area (Å²) in [5.41, 5.74) is 6.74. The fourth-order valence-corrected chi connectivity index (χ4v) is 2.02. The second-order valence-corrected chi connectivity index (χ2v) is 4.51. The molecule has 1 heterocycles. The Morgan fingerprint density at radius 3 is 2.35 bits per heavy atom. The molecule has 0 radical (unpaired) electrons. The number of hydrogen-bond donors (Lipinski definition) is 1. The van der Waals surface area contributed by atoms with Crippen molar-refractivity contribution in [3.8, 4) is 0 Å². The number of aromatic nitrogens is 1. The molecule has 2 nitrogen and oxygen atoms in total. The molecule has 20 heavy (non-hydrogen) atoms. The molecule has 2 rings (SSSR count). The van der Waals surface area contributed by atoms with Crippen LogP contribution in [0.4, 0.5) is 13.2 Å². The van der Waals surface area contributed by atoms with Gasteiger partial charge in [0.2, 0.25) is 0 Å². The SMILES string of the molecule is CCc1ccc(C(N)c2ncccc2C(F)(F)F)cc1. The highest BCUT2D eigenvalue weighted by Gasteiger charge is 2.35. The maximum Gasteiger partial charge on any atom is 0.418 e. The minimum atomic E-state index is -4.45. The van der Waals surface area contributed by atoms with E-state index in [9.17, 15) is 13.2 Å². The van der Waals surface area contributed by atoms with E-state index in [1.54, 1.807) is 12.1 Å². The minimum absolute atomic E-state index is 0.149. The Balaban J connectivity index is 2.40. The van der Waals surface area contributed by atoms with Crippen molar-refractivity contribution in [1.82, 2.24) is 4.98 Å². The minimum Gasteiger partial charge on any atom is -0.319 e. The van der Waals surface area contributed by atoms with Gasteiger partial charge in [-0.3, -0.25) is 4.98 Å². The highest BCUT2D eigenvalue weighted by molar-refractivity contribution is 5.35. The molecule has 0 aliphatic heterocycles. The monoisotopic (exact) mass is 280 g/mol. The van der Waals surface area contributed by atoms with Gasteiger partial charge in [-0.05, 0) is 29.7 Å². The molecule has 0 bridgehead atoms. The molecule has 1 aromatic heterocycles. The molecule has 1 aromatic carbocycles. The van der Waals surface area contributed by atoms with Gasteiger partial charge in [-0.2, -0.15) is 13.2 Å². The van der Waals surface area contributed by atoms with Crippen molar-refractivity contribution in [1.29, 1.82) is 0 Å². The summed E-state index contributed by atoms with van der Waals surface area (Å²) in [4.78, 5) is 3.82. The first-order valence-electron chi connectivity index (χ1n) is 6.30. The summed E-state index contributed by atoms with van der Waals surface area (Å²) in [6.45, 7) is 2.01. The van der Waals surface area contributed by atoms with Crippen molar-refractivity contribution in [2.45, 2.75) is 25.6 Å². The molecule has 0 saturated carbocycles. The first-order valence-corrected chi connectivity index (χ1v) is 6.30. The molecule has 0 amide bonds. The van der Waals surface area contributed by atoms with Gasteiger partial charge < -0.3 is 5.73 Å². The first-order chi connectivity index (χ1) is 9.43. The number of hydrogen-bond acceptors (Lipinski definition) is 2. The van der Waals surface area contributed by atoms with Crippen LogP contribution >= 0.6 is 0 Å². The highest BCUT2D eigenvalue weighted by Crippen LogP contribution is 2.34. The smallest absolute Gasteiger partial charge is 0.319 e. The van der Waals surface area contributed by atoms with Gasteiger partial charge in [-0.15, -0.1) is 0 Å². The van der Waals surface area contributed by atoms with Crippen LogP contribution in [0.15, 0.2) is 42.6 Å². The molecular formula is C15H15F3N2. The van der Waals surface area contributed by atoms with Crippen LogP contribution in [-0.4, -0.2) is 4.98 Å². The van der Waals surface area contributed by atoms with E-state index >= 15 is 0 Å². The zero-order valence-electron chi connectivity index (χ0n) is 11.0. The van der Waals surface area contributed by atoms with Gasteiger partial charge in [-0.1, -0.05) is 31.2 Å². The predicted octanol–water partition coefficient (Wildman–Crippen LogP) is 3.71. The highest BCUT2D eigenvalue weighted by atomic mass is 19.4. The third-order valence-corrected chi connectivity index (χ3v) is 3.19. The molecule has 2 N–H and O–H groups in total. The van der Waals surface area contributed by atoms with E-state index in [0.717, 1.165) is 18.1 Å². The quantitative estimate of drug-likeness (QED) is 0.930. The average Bonchev–Trinajstić information content (AvgIpc) is 2.46. The number of nitrogens with zero attached hydrogens (tertiary/aromatic N) is 1. The topological polar surface area (TPSA) is 38.9 Å². The van der Waals surface area contributed by atoms with Gasteiger partial charge in [0.05, 0.1) is 17.3 Å². The van der Waals surface area contributed by atoms with Gasteiger partial charge in [0.15, 0.2) is 0 Å². The van der Waals surface area contributed by atoms with Crippen LogP contribution in [0, 0.1) is 0 Å². The van der Waals surface area contributed by atoms with E-state index in [4.69, 9.17) is 5.73 Å². The second-order valence-electron chi connectivity index (χ2n) is 4.51. The van der Waals surface area contributed by atoms with Crippen LogP contribution in [0.3, 0.4) is 0 Å². The van der Waals surface area contributed by atoms with E-state index in [-0.39, 0.29) is 5.69 Å². The Morgan fingerprint density at radius 2 is 1.80 bits per heavy atom. The first kappa shape index (κ1) is 14.5. The normalized spacial score (nSPS) is 13.2. The van der Waals surface area contributed by atoms with Crippen molar-refractivity contribution < 1.29 is 13.2 Å². The summed E-state index contributed by atoms with van der Waals surface area (Å²) in [6.07, 6.45) is -2.26. The average molecular weight is 280 g/mol. The summed E-state index contributed by atoms with van der Waals surface area (Å²) < 4.78 is 38.8. The van der Waals surface area contributed by atoms with Gasteiger partial charge in [0, 0.05) is 6.20 Å². The van der Waals surface area contributed by atoms with Crippen molar-refractivity contribution in [2.24, 2.45) is 5.73 Å². The number of pyridine rings is 1. The summed E-state index contributed by atoms with van der Waals surface area (Å²) in [5, 5.41) is 0. The summed E-state index contributed by atoms with van der Waals surface area (Å²) in [6, 6.07) is 8.61. The molecule has 1 unspecified atom stereocenters. The van der Waals surface area contributed by atoms with Crippen LogP contribution in [0.25, 0.3) is 0 Å². The zero-order valence-corrected chi connectivity index (χ0v) is 11.0. The van der Waals surface area contributed by atoms with Crippen molar-refractivity contribution in [3.05, 3.63) is 65.0 Å². The molecule has 0 aliphatic carbocycles. The standard InChI is InChI=1S/C15H15F3N2/c1-2-10-5-7-11(8-6-10)13(19)14-12(15(16,17)18)4-3-9-20-14/h3-9,13H,2,19H2,1H3. The lowest BCUT2D eigenvalue weighted by atomic mass is 9.98. The van der Waals surface area contributed by atoms with Crippen molar-refractivity contribution in [3.63, 3.8) is 0 Å². The number of halogens is 3. The number of aryl methyl sites for hydroxylation is 1. The predicted molar refractivity (Wildman–Crippen MR) is 71.1 cm³/mol. The number of alkyl halides is 3. The zero-order chi connectivity index (χ0) is 14.8. The van der Waals surface area contributed by atoms with Gasteiger partial charge in [0.1, 0.15) is 0 Å². The maximum atomic E-state index is 12.9. The third-order valence-electron chi connectivity index (χ3n) is 3.19. The maximum absolute atomic E-state index is 12.9. The number of rotatable bonds is 3. The van der Waals surface area contributed by atoms with Gasteiger partial charge in [0.25, 0.3) is 0 Å². The lowest BCUT2D eigenvalue weighted by molar-refractivity contribution is -0.138. The van der Waals surface area contributed by atoms with Crippen LogP contribution in [0.1, 0.15) is 35.3 Å². The summed E-state index contributed by atoms with van der Waals surface area (Å²) >= 11 is 0. The molecular weight excluding hydrogens is 265 g/mol. The van der Waals surface area contributed by atoms with Crippen LogP contribution in [0.2, 0.25) is 0 Å². The lowest BCUT2D eigenvalue weighted by Crippen LogP contribution is -2.20. The van der Waals surface area contributed by atoms with Crippen LogP contribution in [-0.2, 0) is 12.6 Å². The Labute approximate surface area is 115 Å². The number of nitrogens with two attached hydrogens (primary N) is 1. The molecule has 106 valence electrons. The van der Waals surface area contributed by atoms with Crippen molar-refractivity contribution in [2.75, 3.05) is 0 Å². The molecule has 0 fully saturated rings. The van der Waals surface area contributed by atoms with Gasteiger partial charge in [-0.25, -0.2) is 0 Å². The van der Waals surface area contributed by atoms with Crippen molar-refractivity contribution >= 4 is 0 Å².